The molecule has 1 aromatic carbocycles. The fraction of sp³-hybridized carbons (Fsp3) is 0.571. The van der Waals surface area contributed by atoms with E-state index in [2.05, 4.69) is 0 Å². The van der Waals surface area contributed by atoms with E-state index < -0.39 is 89.1 Å². The molecular formula is C35H46O11. The van der Waals surface area contributed by atoms with Crippen LogP contribution < -0.4 is 0 Å². The van der Waals surface area contributed by atoms with Gasteiger partial charge < -0.3 is 28.8 Å². The molecule has 9 atom stereocenters. The SMILES string of the molecule is CC(=O)O[C@@H]1[C@@H](OC(C)=O)C(C)(C)/C=C/[C@H](C)[C@H](OC(C)=O)[C@@]2(O)C[C@H](C)[C@H](OC(=O)c3ccccc3)[C@@H]2/C=C(\C)[C@@H]1OC(C)=O. The first-order valence-corrected chi connectivity index (χ1v) is 15.4. The van der Waals surface area contributed by atoms with Gasteiger partial charge in [0.1, 0.15) is 17.8 Å². The van der Waals surface area contributed by atoms with Crippen LogP contribution in [0.2, 0.25) is 0 Å². The van der Waals surface area contributed by atoms with Crippen LogP contribution in [0.3, 0.4) is 0 Å². The van der Waals surface area contributed by atoms with Gasteiger partial charge in [0.15, 0.2) is 18.3 Å². The summed E-state index contributed by atoms with van der Waals surface area (Å²) in [5.41, 5.74) is -2.15. The van der Waals surface area contributed by atoms with Crippen molar-refractivity contribution in [2.75, 3.05) is 0 Å². The zero-order valence-electron chi connectivity index (χ0n) is 28.0. The van der Waals surface area contributed by atoms with Crippen LogP contribution in [0, 0.1) is 23.2 Å². The quantitative estimate of drug-likeness (QED) is 0.265. The molecule has 1 N–H and O–H groups in total. The second-order valence-electron chi connectivity index (χ2n) is 13.0. The Balaban J connectivity index is 2.33. The monoisotopic (exact) mass is 642 g/mol. The van der Waals surface area contributed by atoms with E-state index in [1.54, 1.807) is 76.3 Å². The lowest BCUT2D eigenvalue weighted by Gasteiger charge is -2.42. The number of benzene rings is 1. The topological polar surface area (TPSA) is 152 Å². The van der Waals surface area contributed by atoms with Crippen molar-refractivity contribution in [2.45, 2.75) is 105 Å². The third-order valence-electron chi connectivity index (χ3n) is 8.60. The minimum atomic E-state index is -1.76. The molecule has 0 heterocycles. The van der Waals surface area contributed by atoms with Crippen molar-refractivity contribution in [3.05, 3.63) is 59.7 Å². The van der Waals surface area contributed by atoms with Crippen LogP contribution in [0.25, 0.3) is 0 Å². The van der Waals surface area contributed by atoms with Crippen molar-refractivity contribution in [3.63, 3.8) is 0 Å². The van der Waals surface area contributed by atoms with Crippen LogP contribution >= 0.6 is 0 Å². The van der Waals surface area contributed by atoms with Crippen molar-refractivity contribution in [1.29, 1.82) is 0 Å². The third-order valence-corrected chi connectivity index (χ3v) is 8.60. The van der Waals surface area contributed by atoms with Gasteiger partial charge in [-0.3, -0.25) is 19.2 Å². The van der Waals surface area contributed by atoms with Crippen molar-refractivity contribution in [3.8, 4) is 0 Å². The molecule has 0 spiro atoms. The summed E-state index contributed by atoms with van der Waals surface area (Å²) in [5, 5.41) is 12.6. The predicted octanol–water partition coefficient (Wildman–Crippen LogP) is 4.50. The van der Waals surface area contributed by atoms with E-state index in [0.29, 0.717) is 11.1 Å². The second kappa shape index (κ2) is 14.6. The highest BCUT2D eigenvalue weighted by molar-refractivity contribution is 5.89. The molecule has 11 nitrogen and oxygen atoms in total. The highest BCUT2D eigenvalue weighted by Gasteiger charge is 2.59. The first kappa shape index (κ1) is 36.5. The van der Waals surface area contributed by atoms with Gasteiger partial charge in [-0.15, -0.1) is 0 Å². The van der Waals surface area contributed by atoms with Crippen LogP contribution in [0.15, 0.2) is 54.1 Å². The van der Waals surface area contributed by atoms with Crippen molar-refractivity contribution in [2.24, 2.45) is 23.2 Å². The van der Waals surface area contributed by atoms with Gasteiger partial charge in [-0.1, -0.05) is 64.1 Å². The number of carbonyl (C=O) groups is 5. The number of ether oxygens (including phenoxy) is 5. The standard InChI is InChI=1S/C35H46O11/c1-19-15-16-34(8,9)32(45-25(7)39)30(43-23(5)37)29(42-22(4)36)20(2)17-27-28(46-33(40)26-13-11-10-12-14-26)21(3)18-35(27,41)31(19)44-24(6)38/h10-17,19,21,27-32,41H,18H2,1-9H3/b16-15+,20-17+/t19-,21-,27-,28-,29-,30-,31-,32+,35+/m0/s1. The summed E-state index contributed by atoms with van der Waals surface area (Å²) in [4.78, 5) is 63.1. The Hall–Kier alpha value is -3.99. The van der Waals surface area contributed by atoms with Gasteiger partial charge >= 0.3 is 29.8 Å². The summed E-state index contributed by atoms with van der Waals surface area (Å²) >= 11 is 0. The highest BCUT2D eigenvalue weighted by atomic mass is 16.6. The van der Waals surface area contributed by atoms with Crippen LogP contribution in [0.5, 0.6) is 0 Å². The Morgan fingerprint density at radius 2 is 1.30 bits per heavy atom. The average molecular weight is 643 g/mol. The minimum Gasteiger partial charge on any atom is -0.459 e. The third kappa shape index (κ3) is 8.43. The number of hydrogen-bond donors (Lipinski definition) is 1. The number of esters is 5. The van der Waals surface area contributed by atoms with Gasteiger partial charge in [0.05, 0.1) is 5.56 Å². The lowest BCUT2D eigenvalue weighted by molar-refractivity contribution is -0.188. The molecule has 2 aliphatic rings. The molecular weight excluding hydrogens is 596 g/mol. The van der Waals surface area contributed by atoms with Gasteiger partial charge in [0, 0.05) is 44.9 Å². The summed E-state index contributed by atoms with van der Waals surface area (Å²) < 4.78 is 29.2. The summed E-state index contributed by atoms with van der Waals surface area (Å²) in [6, 6.07) is 8.40. The summed E-state index contributed by atoms with van der Waals surface area (Å²) in [7, 11) is 0. The molecule has 0 aliphatic heterocycles. The fourth-order valence-electron chi connectivity index (χ4n) is 6.62. The largest absolute Gasteiger partial charge is 0.459 e. The molecule has 1 saturated carbocycles. The van der Waals surface area contributed by atoms with E-state index in [9.17, 15) is 29.1 Å². The summed E-state index contributed by atoms with van der Waals surface area (Å²) in [5.74, 6) is -5.27. The normalized spacial score (nSPS) is 34.2. The molecule has 0 amide bonds. The Bertz CT molecular complexity index is 1360. The molecule has 46 heavy (non-hydrogen) atoms. The number of aliphatic hydroxyl groups is 1. The molecule has 0 aromatic heterocycles. The van der Waals surface area contributed by atoms with Gasteiger partial charge in [-0.25, -0.2) is 4.79 Å². The number of carbonyl (C=O) groups excluding carboxylic acids is 5. The Labute approximate surface area is 270 Å². The van der Waals surface area contributed by atoms with E-state index in [4.69, 9.17) is 23.7 Å². The molecule has 0 saturated heterocycles. The van der Waals surface area contributed by atoms with E-state index in [0.717, 1.165) is 0 Å². The zero-order valence-corrected chi connectivity index (χ0v) is 28.0. The average Bonchev–Trinajstić information content (AvgIpc) is 3.19. The molecule has 0 unspecified atom stereocenters. The molecule has 0 bridgehead atoms. The lowest BCUT2D eigenvalue weighted by atomic mass is 9.74. The predicted molar refractivity (Wildman–Crippen MR) is 166 cm³/mol. The smallest absolute Gasteiger partial charge is 0.338 e. The molecule has 11 heteroatoms. The van der Waals surface area contributed by atoms with Crippen LogP contribution in [-0.4, -0.2) is 71.1 Å². The molecule has 1 aromatic rings. The van der Waals surface area contributed by atoms with E-state index in [-0.39, 0.29) is 6.42 Å². The van der Waals surface area contributed by atoms with Crippen molar-refractivity contribution in [1.82, 2.24) is 0 Å². The first-order valence-electron chi connectivity index (χ1n) is 15.4. The maximum atomic E-state index is 13.3. The molecule has 2 aliphatic carbocycles. The number of hydrogen-bond acceptors (Lipinski definition) is 11. The second-order valence-corrected chi connectivity index (χ2v) is 13.0. The van der Waals surface area contributed by atoms with Gasteiger partial charge in [-0.05, 0) is 37.0 Å². The molecule has 0 radical (unpaired) electrons. The summed E-state index contributed by atoms with van der Waals surface area (Å²) in [6.07, 6.45) is -0.578. The van der Waals surface area contributed by atoms with Gasteiger partial charge in [-0.2, -0.15) is 0 Å². The van der Waals surface area contributed by atoms with Crippen LogP contribution in [0.4, 0.5) is 0 Å². The molecule has 252 valence electrons. The first-order chi connectivity index (χ1) is 21.4. The van der Waals surface area contributed by atoms with Crippen LogP contribution in [-0.2, 0) is 42.9 Å². The lowest BCUT2D eigenvalue weighted by Crippen LogP contribution is -2.54. The molecule has 1 fully saturated rings. The Morgan fingerprint density at radius 3 is 1.85 bits per heavy atom. The highest BCUT2D eigenvalue weighted by Crippen LogP contribution is 2.49. The van der Waals surface area contributed by atoms with Gasteiger partial charge in [0.2, 0.25) is 0 Å². The van der Waals surface area contributed by atoms with Crippen molar-refractivity contribution >= 4 is 29.8 Å². The van der Waals surface area contributed by atoms with E-state index in [1.807, 2.05) is 6.92 Å². The fourth-order valence-corrected chi connectivity index (χ4v) is 6.62. The van der Waals surface area contributed by atoms with Crippen molar-refractivity contribution < 1.29 is 52.8 Å². The minimum absolute atomic E-state index is 0.0926. The summed E-state index contributed by atoms with van der Waals surface area (Å²) in [6.45, 7) is 13.6. The molecule has 3 rings (SSSR count). The van der Waals surface area contributed by atoms with E-state index in [1.165, 1.54) is 27.7 Å². The maximum absolute atomic E-state index is 13.3. The Morgan fingerprint density at radius 1 is 0.761 bits per heavy atom. The Kier molecular flexibility index (Phi) is 11.6. The number of rotatable bonds is 6. The number of fused-ring (bicyclic) bond motifs is 1. The van der Waals surface area contributed by atoms with E-state index >= 15 is 0 Å². The zero-order chi connectivity index (χ0) is 34.6. The van der Waals surface area contributed by atoms with Gasteiger partial charge in [0.25, 0.3) is 0 Å². The van der Waals surface area contributed by atoms with Crippen LogP contribution in [0.1, 0.15) is 79.1 Å². The maximum Gasteiger partial charge on any atom is 0.338 e.